The summed E-state index contributed by atoms with van der Waals surface area (Å²) in [5.41, 5.74) is 2.48. The minimum absolute atomic E-state index is 0.337. The van der Waals surface area contributed by atoms with Crippen molar-refractivity contribution in [1.82, 2.24) is 9.78 Å². The zero-order valence-electron chi connectivity index (χ0n) is 13.2. The monoisotopic (exact) mass is 311 g/mol. The number of amides is 1. The smallest absolute Gasteiger partial charge is 0.347 e. The van der Waals surface area contributed by atoms with Crippen molar-refractivity contribution >= 4 is 22.6 Å². The second-order valence-electron chi connectivity index (χ2n) is 5.12. The van der Waals surface area contributed by atoms with Gasteiger partial charge in [0, 0.05) is 17.1 Å². The van der Waals surface area contributed by atoms with Gasteiger partial charge < -0.3 is 14.8 Å². The van der Waals surface area contributed by atoms with E-state index in [1.54, 1.807) is 38.6 Å². The van der Waals surface area contributed by atoms with Crippen LogP contribution in [0, 0.1) is 6.92 Å². The minimum Gasteiger partial charge on any atom is -0.493 e. The first-order chi connectivity index (χ1) is 11.1. The number of nitrogens with zero attached hydrogens (tertiary/aromatic N) is 2. The Balaban J connectivity index is 1.89. The van der Waals surface area contributed by atoms with Crippen molar-refractivity contribution in [3.8, 4) is 11.5 Å². The highest BCUT2D eigenvalue weighted by Crippen LogP contribution is 2.29. The summed E-state index contributed by atoms with van der Waals surface area (Å²) >= 11 is 0. The number of aromatic nitrogens is 2. The molecule has 0 saturated carbocycles. The number of hydrogen-bond donors (Lipinski definition) is 1. The summed E-state index contributed by atoms with van der Waals surface area (Å²) in [6.45, 7) is 2.00. The third kappa shape index (κ3) is 2.83. The fourth-order valence-corrected chi connectivity index (χ4v) is 2.40. The van der Waals surface area contributed by atoms with Gasteiger partial charge in [0.1, 0.15) is 0 Å². The summed E-state index contributed by atoms with van der Waals surface area (Å²) in [4.78, 5) is 12.4. The van der Waals surface area contributed by atoms with Crippen LogP contribution in [0.3, 0.4) is 0 Å². The number of aryl methyl sites for hydroxylation is 1. The lowest BCUT2D eigenvalue weighted by Gasteiger charge is -2.10. The molecule has 0 atom stereocenters. The van der Waals surface area contributed by atoms with Crippen molar-refractivity contribution < 1.29 is 14.3 Å². The molecule has 1 heterocycles. The predicted octanol–water partition coefficient (Wildman–Crippen LogP) is 3.44. The number of hydrogen-bond acceptors (Lipinski definition) is 4. The van der Waals surface area contributed by atoms with Crippen molar-refractivity contribution in [2.24, 2.45) is 0 Å². The Morgan fingerprint density at radius 1 is 1.09 bits per heavy atom. The molecular weight excluding hydrogens is 294 g/mol. The van der Waals surface area contributed by atoms with Crippen LogP contribution in [0.15, 0.2) is 42.6 Å². The molecule has 0 spiro atoms. The molecule has 3 rings (SSSR count). The van der Waals surface area contributed by atoms with Crippen LogP contribution in [0.25, 0.3) is 10.9 Å². The molecular formula is C17H17N3O3. The molecule has 0 bridgehead atoms. The van der Waals surface area contributed by atoms with Crippen molar-refractivity contribution in [2.45, 2.75) is 6.92 Å². The normalized spacial score (nSPS) is 10.6. The molecule has 1 N–H and O–H groups in total. The van der Waals surface area contributed by atoms with Crippen LogP contribution in [-0.2, 0) is 0 Å². The number of benzene rings is 2. The summed E-state index contributed by atoms with van der Waals surface area (Å²) < 4.78 is 11.8. The Labute approximate surface area is 133 Å². The van der Waals surface area contributed by atoms with E-state index in [0.29, 0.717) is 17.2 Å². The van der Waals surface area contributed by atoms with E-state index >= 15 is 0 Å². The van der Waals surface area contributed by atoms with Gasteiger partial charge in [0.15, 0.2) is 11.5 Å². The predicted molar refractivity (Wildman–Crippen MR) is 88.4 cm³/mol. The van der Waals surface area contributed by atoms with Gasteiger partial charge in [-0.2, -0.15) is 9.78 Å². The van der Waals surface area contributed by atoms with E-state index in [1.807, 2.05) is 25.1 Å². The van der Waals surface area contributed by atoms with Crippen LogP contribution < -0.4 is 14.8 Å². The first kappa shape index (κ1) is 14.9. The molecule has 0 aliphatic carbocycles. The van der Waals surface area contributed by atoms with Gasteiger partial charge in [-0.05, 0) is 31.2 Å². The quantitative estimate of drug-likeness (QED) is 0.804. The highest BCUT2D eigenvalue weighted by atomic mass is 16.5. The molecule has 0 fully saturated rings. The van der Waals surface area contributed by atoms with E-state index in [2.05, 4.69) is 10.4 Å². The first-order valence-electron chi connectivity index (χ1n) is 7.10. The highest BCUT2D eigenvalue weighted by Gasteiger charge is 2.12. The van der Waals surface area contributed by atoms with Gasteiger partial charge in [-0.3, -0.25) is 0 Å². The van der Waals surface area contributed by atoms with Crippen LogP contribution >= 0.6 is 0 Å². The van der Waals surface area contributed by atoms with Gasteiger partial charge in [0.25, 0.3) is 0 Å². The van der Waals surface area contributed by atoms with Crippen LogP contribution in [0.4, 0.5) is 10.5 Å². The largest absolute Gasteiger partial charge is 0.493 e. The van der Waals surface area contributed by atoms with E-state index in [4.69, 9.17) is 9.47 Å². The second-order valence-corrected chi connectivity index (χ2v) is 5.12. The van der Waals surface area contributed by atoms with Gasteiger partial charge in [-0.15, -0.1) is 0 Å². The Hall–Kier alpha value is -3.02. The third-order valence-electron chi connectivity index (χ3n) is 3.55. The van der Waals surface area contributed by atoms with E-state index < -0.39 is 0 Å². The molecule has 1 amide bonds. The third-order valence-corrected chi connectivity index (χ3v) is 3.55. The Morgan fingerprint density at radius 3 is 2.61 bits per heavy atom. The number of methoxy groups -OCH3 is 2. The van der Waals surface area contributed by atoms with E-state index in [9.17, 15) is 4.79 Å². The van der Waals surface area contributed by atoms with Crippen molar-refractivity contribution in [2.75, 3.05) is 19.5 Å². The fourth-order valence-electron chi connectivity index (χ4n) is 2.40. The summed E-state index contributed by atoms with van der Waals surface area (Å²) in [7, 11) is 3.11. The zero-order valence-corrected chi connectivity index (χ0v) is 13.2. The van der Waals surface area contributed by atoms with Crippen LogP contribution in [0.2, 0.25) is 0 Å². The maximum atomic E-state index is 12.4. The Morgan fingerprint density at radius 2 is 1.87 bits per heavy atom. The molecule has 0 saturated heterocycles. The molecule has 6 nitrogen and oxygen atoms in total. The van der Waals surface area contributed by atoms with Gasteiger partial charge in [0.2, 0.25) is 0 Å². The standard InChI is InChI=1S/C17H17N3O3/c1-11-4-6-14-12(8-11)10-18-20(14)17(21)19-13-5-7-15(22-2)16(9-13)23-3/h4-10H,1-3H3,(H,19,21). The molecule has 0 aliphatic heterocycles. The summed E-state index contributed by atoms with van der Waals surface area (Å²) in [6.07, 6.45) is 1.68. The Kier molecular flexibility index (Phi) is 3.89. The number of anilines is 1. The van der Waals surface area contributed by atoms with E-state index in [-0.39, 0.29) is 6.03 Å². The lowest BCUT2D eigenvalue weighted by atomic mass is 10.2. The molecule has 0 aliphatic rings. The van der Waals surface area contributed by atoms with Crippen molar-refractivity contribution in [1.29, 1.82) is 0 Å². The highest BCUT2D eigenvalue weighted by molar-refractivity contribution is 5.97. The van der Waals surface area contributed by atoms with E-state index in [1.165, 1.54) is 4.68 Å². The molecule has 0 unspecified atom stereocenters. The molecule has 2 aromatic carbocycles. The SMILES string of the molecule is COc1ccc(NC(=O)n2ncc3cc(C)ccc32)cc1OC. The molecule has 6 heteroatoms. The van der Waals surface area contributed by atoms with Gasteiger partial charge >= 0.3 is 6.03 Å². The number of fused-ring (bicyclic) bond motifs is 1. The van der Waals surface area contributed by atoms with Crippen LogP contribution in [0.5, 0.6) is 11.5 Å². The minimum atomic E-state index is -0.337. The lowest BCUT2D eigenvalue weighted by molar-refractivity contribution is 0.252. The van der Waals surface area contributed by atoms with E-state index in [0.717, 1.165) is 16.5 Å². The summed E-state index contributed by atoms with van der Waals surface area (Å²) in [6, 6.07) is 10.7. The maximum absolute atomic E-state index is 12.4. The number of nitrogens with one attached hydrogen (secondary N) is 1. The lowest BCUT2D eigenvalue weighted by Crippen LogP contribution is -2.20. The Bertz CT molecular complexity index is 871. The topological polar surface area (TPSA) is 65.4 Å². The van der Waals surface area contributed by atoms with Crippen molar-refractivity contribution in [3.63, 3.8) is 0 Å². The molecule has 3 aromatic rings. The average molecular weight is 311 g/mol. The average Bonchev–Trinajstić information content (AvgIpc) is 2.97. The van der Waals surface area contributed by atoms with Crippen LogP contribution in [0.1, 0.15) is 5.56 Å². The number of ether oxygens (including phenoxy) is 2. The number of carbonyl (C=O) groups excluding carboxylic acids is 1. The molecule has 0 radical (unpaired) electrons. The maximum Gasteiger partial charge on any atom is 0.347 e. The molecule has 118 valence electrons. The molecule has 23 heavy (non-hydrogen) atoms. The number of carbonyl (C=O) groups is 1. The summed E-state index contributed by atoms with van der Waals surface area (Å²) in [5.74, 6) is 1.15. The van der Waals surface area contributed by atoms with Crippen molar-refractivity contribution in [3.05, 3.63) is 48.2 Å². The summed E-state index contributed by atoms with van der Waals surface area (Å²) in [5, 5.41) is 7.88. The second kappa shape index (κ2) is 6.00. The van der Waals surface area contributed by atoms with Gasteiger partial charge in [0.05, 0.1) is 25.9 Å². The van der Waals surface area contributed by atoms with Gasteiger partial charge in [-0.1, -0.05) is 11.6 Å². The van der Waals surface area contributed by atoms with Gasteiger partial charge in [-0.25, -0.2) is 4.79 Å². The number of rotatable bonds is 3. The fraction of sp³-hybridized carbons (Fsp3) is 0.176. The first-order valence-corrected chi connectivity index (χ1v) is 7.10. The molecule has 1 aromatic heterocycles. The zero-order chi connectivity index (χ0) is 16.4. The van der Waals surface area contributed by atoms with Crippen LogP contribution in [-0.4, -0.2) is 30.0 Å².